The maximum absolute atomic E-state index is 5.74. The Balaban J connectivity index is 2.50. The molecule has 114 valence electrons. The lowest BCUT2D eigenvalue weighted by molar-refractivity contribution is 0.0453. The molecule has 0 aromatic heterocycles. The first-order valence-electron chi connectivity index (χ1n) is 7.69. The first-order chi connectivity index (χ1) is 9.71. The second-order valence-electron chi connectivity index (χ2n) is 5.11. The molecule has 3 nitrogen and oxygen atoms in total. The molecule has 1 aromatic carbocycles. The molecule has 0 spiro atoms. The van der Waals surface area contributed by atoms with Crippen LogP contribution in [0.4, 0.5) is 0 Å². The van der Waals surface area contributed by atoms with Crippen LogP contribution in [-0.2, 0) is 11.2 Å². The summed E-state index contributed by atoms with van der Waals surface area (Å²) in [5.41, 5.74) is 1.35. The van der Waals surface area contributed by atoms with E-state index >= 15 is 0 Å². The Morgan fingerprint density at radius 1 is 1.15 bits per heavy atom. The summed E-state index contributed by atoms with van der Waals surface area (Å²) in [5.74, 6) is 0.914. The highest BCUT2D eigenvalue weighted by molar-refractivity contribution is 5.27. The Hall–Kier alpha value is -1.06. The van der Waals surface area contributed by atoms with Crippen molar-refractivity contribution in [2.24, 2.45) is 0 Å². The zero-order valence-electron chi connectivity index (χ0n) is 13.3. The van der Waals surface area contributed by atoms with Gasteiger partial charge in [-0.1, -0.05) is 19.1 Å². The van der Waals surface area contributed by atoms with E-state index in [0.29, 0.717) is 6.04 Å². The number of hydrogen-bond donors (Lipinski definition) is 1. The summed E-state index contributed by atoms with van der Waals surface area (Å²) in [4.78, 5) is 0. The van der Waals surface area contributed by atoms with Crippen molar-refractivity contribution in [3.05, 3.63) is 29.8 Å². The Morgan fingerprint density at radius 2 is 1.85 bits per heavy atom. The fraction of sp³-hybridized carbons (Fsp3) is 0.647. The van der Waals surface area contributed by atoms with E-state index in [1.807, 2.05) is 12.1 Å². The SMILES string of the molecule is CCCNC(CCc1ccc(OC)cc1)C(C)OCC. The van der Waals surface area contributed by atoms with Gasteiger partial charge in [0.25, 0.3) is 0 Å². The van der Waals surface area contributed by atoms with Gasteiger partial charge in [-0.3, -0.25) is 0 Å². The Kier molecular flexibility index (Phi) is 8.31. The maximum Gasteiger partial charge on any atom is 0.118 e. The molecule has 0 saturated carbocycles. The van der Waals surface area contributed by atoms with Gasteiger partial charge in [-0.05, 0) is 57.4 Å². The van der Waals surface area contributed by atoms with E-state index in [1.54, 1.807) is 7.11 Å². The van der Waals surface area contributed by atoms with Crippen molar-refractivity contribution in [2.75, 3.05) is 20.3 Å². The molecular formula is C17H29NO2. The van der Waals surface area contributed by atoms with E-state index in [1.165, 1.54) is 5.56 Å². The van der Waals surface area contributed by atoms with Gasteiger partial charge < -0.3 is 14.8 Å². The molecule has 3 heteroatoms. The molecule has 0 aliphatic rings. The molecular weight excluding hydrogens is 250 g/mol. The third-order valence-electron chi connectivity index (χ3n) is 3.56. The van der Waals surface area contributed by atoms with E-state index in [4.69, 9.17) is 9.47 Å². The largest absolute Gasteiger partial charge is 0.497 e. The molecule has 1 aromatic rings. The average molecular weight is 279 g/mol. The number of rotatable bonds is 10. The van der Waals surface area contributed by atoms with Crippen molar-refractivity contribution in [2.45, 2.75) is 52.2 Å². The number of nitrogens with one attached hydrogen (secondary N) is 1. The van der Waals surface area contributed by atoms with E-state index in [9.17, 15) is 0 Å². The predicted molar refractivity (Wildman–Crippen MR) is 84.5 cm³/mol. The van der Waals surface area contributed by atoms with E-state index in [0.717, 1.165) is 38.2 Å². The highest BCUT2D eigenvalue weighted by atomic mass is 16.5. The summed E-state index contributed by atoms with van der Waals surface area (Å²) in [6.07, 6.45) is 3.55. The van der Waals surface area contributed by atoms with Gasteiger partial charge in [0.1, 0.15) is 5.75 Å². The van der Waals surface area contributed by atoms with Crippen molar-refractivity contribution in [3.63, 3.8) is 0 Å². The maximum atomic E-state index is 5.74. The van der Waals surface area contributed by atoms with Crippen LogP contribution in [0.1, 0.15) is 39.2 Å². The van der Waals surface area contributed by atoms with Gasteiger partial charge in [0, 0.05) is 12.6 Å². The Labute approximate surface area is 123 Å². The molecule has 0 amide bonds. The Morgan fingerprint density at radius 3 is 2.40 bits per heavy atom. The van der Waals surface area contributed by atoms with Crippen molar-refractivity contribution in [1.29, 1.82) is 0 Å². The molecule has 20 heavy (non-hydrogen) atoms. The lowest BCUT2D eigenvalue weighted by Crippen LogP contribution is -2.40. The van der Waals surface area contributed by atoms with Gasteiger partial charge >= 0.3 is 0 Å². The number of methoxy groups -OCH3 is 1. The van der Waals surface area contributed by atoms with E-state index in [2.05, 4.69) is 38.2 Å². The van der Waals surface area contributed by atoms with Crippen LogP contribution >= 0.6 is 0 Å². The summed E-state index contributed by atoms with van der Waals surface area (Å²) in [6, 6.07) is 8.74. The summed E-state index contributed by atoms with van der Waals surface area (Å²) < 4.78 is 10.9. The van der Waals surface area contributed by atoms with Crippen LogP contribution in [0.3, 0.4) is 0 Å². The summed E-state index contributed by atoms with van der Waals surface area (Å²) in [5, 5.41) is 3.60. The molecule has 0 aliphatic carbocycles. The number of aryl methyl sites for hydroxylation is 1. The predicted octanol–water partition coefficient (Wildman–Crippen LogP) is 3.42. The summed E-state index contributed by atoms with van der Waals surface area (Å²) in [6.45, 7) is 8.22. The fourth-order valence-electron chi connectivity index (χ4n) is 2.33. The lowest BCUT2D eigenvalue weighted by atomic mass is 10.0. The summed E-state index contributed by atoms with van der Waals surface area (Å²) in [7, 11) is 1.70. The van der Waals surface area contributed by atoms with Gasteiger partial charge in [-0.15, -0.1) is 0 Å². The molecule has 0 bridgehead atoms. The van der Waals surface area contributed by atoms with Gasteiger partial charge in [0.2, 0.25) is 0 Å². The van der Waals surface area contributed by atoms with Crippen LogP contribution in [0.15, 0.2) is 24.3 Å². The Bertz CT molecular complexity index is 351. The van der Waals surface area contributed by atoms with Gasteiger partial charge in [-0.25, -0.2) is 0 Å². The molecule has 0 aliphatic heterocycles. The van der Waals surface area contributed by atoms with E-state index in [-0.39, 0.29) is 6.10 Å². The van der Waals surface area contributed by atoms with E-state index < -0.39 is 0 Å². The monoisotopic (exact) mass is 279 g/mol. The molecule has 0 radical (unpaired) electrons. The quantitative estimate of drug-likeness (QED) is 0.712. The zero-order chi connectivity index (χ0) is 14.8. The van der Waals surface area contributed by atoms with Crippen LogP contribution in [0.2, 0.25) is 0 Å². The van der Waals surface area contributed by atoms with Crippen molar-refractivity contribution < 1.29 is 9.47 Å². The zero-order valence-corrected chi connectivity index (χ0v) is 13.3. The van der Waals surface area contributed by atoms with Crippen LogP contribution in [0, 0.1) is 0 Å². The minimum absolute atomic E-state index is 0.254. The van der Waals surface area contributed by atoms with Gasteiger partial charge in [0.05, 0.1) is 13.2 Å². The smallest absolute Gasteiger partial charge is 0.118 e. The van der Waals surface area contributed by atoms with Crippen LogP contribution in [-0.4, -0.2) is 32.4 Å². The molecule has 1 N–H and O–H groups in total. The van der Waals surface area contributed by atoms with Crippen LogP contribution in [0.25, 0.3) is 0 Å². The normalized spacial score (nSPS) is 14.0. The highest BCUT2D eigenvalue weighted by Crippen LogP contribution is 2.14. The minimum Gasteiger partial charge on any atom is -0.497 e. The van der Waals surface area contributed by atoms with Crippen LogP contribution in [0.5, 0.6) is 5.75 Å². The highest BCUT2D eigenvalue weighted by Gasteiger charge is 2.16. The molecule has 2 unspecified atom stereocenters. The third kappa shape index (κ3) is 5.93. The number of hydrogen-bond acceptors (Lipinski definition) is 3. The topological polar surface area (TPSA) is 30.5 Å². The van der Waals surface area contributed by atoms with Crippen LogP contribution < -0.4 is 10.1 Å². The van der Waals surface area contributed by atoms with Crippen molar-refractivity contribution in [1.82, 2.24) is 5.32 Å². The summed E-state index contributed by atoms with van der Waals surface area (Å²) >= 11 is 0. The first kappa shape index (κ1) is 17.0. The van der Waals surface area contributed by atoms with Crippen molar-refractivity contribution >= 4 is 0 Å². The fourth-order valence-corrected chi connectivity index (χ4v) is 2.33. The second kappa shape index (κ2) is 9.78. The first-order valence-corrected chi connectivity index (χ1v) is 7.69. The molecule has 2 atom stereocenters. The lowest BCUT2D eigenvalue weighted by Gasteiger charge is -2.25. The molecule has 0 heterocycles. The second-order valence-corrected chi connectivity index (χ2v) is 5.11. The number of benzene rings is 1. The average Bonchev–Trinajstić information content (AvgIpc) is 2.48. The standard InChI is InChI=1S/C17H29NO2/c1-5-13-18-17(14(3)20-6-2)12-9-15-7-10-16(19-4)11-8-15/h7-8,10-11,14,17-18H,5-6,9,12-13H2,1-4H3. The number of ether oxygens (including phenoxy) is 2. The third-order valence-corrected chi connectivity index (χ3v) is 3.56. The van der Waals surface area contributed by atoms with Crippen molar-refractivity contribution in [3.8, 4) is 5.75 Å². The minimum atomic E-state index is 0.254. The molecule has 0 saturated heterocycles. The van der Waals surface area contributed by atoms with Gasteiger partial charge in [0.15, 0.2) is 0 Å². The molecule has 1 rings (SSSR count). The van der Waals surface area contributed by atoms with Gasteiger partial charge in [-0.2, -0.15) is 0 Å². The molecule has 0 fully saturated rings.